The normalized spacial score (nSPS) is 9.80. The molecular formula is C10H16N4O. The third-order valence-corrected chi connectivity index (χ3v) is 2.10. The molecule has 82 valence electrons. The number of amides is 1. The molecule has 1 amide bonds. The fraction of sp³-hybridized carbons (Fsp3) is 0.500. The van der Waals surface area contributed by atoms with E-state index in [2.05, 4.69) is 15.3 Å². The number of anilines is 1. The molecule has 1 rings (SSSR count). The van der Waals surface area contributed by atoms with Crippen molar-refractivity contribution in [2.24, 2.45) is 0 Å². The van der Waals surface area contributed by atoms with Crippen molar-refractivity contribution in [1.82, 2.24) is 14.9 Å². The summed E-state index contributed by atoms with van der Waals surface area (Å²) in [6.07, 6.45) is 1.67. The van der Waals surface area contributed by atoms with Crippen LogP contribution < -0.4 is 5.32 Å². The Bertz CT molecular complexity index is 340. The molecule has 0 aliphatic rings. The van der Waals surface area contributed by atoms with Crippen molar-refractivity contribution in [3.8, 4) is 0 Å². The minimum atomic E-state index is 0.0498. The lowest BCUT2D eigenvalue weighted by molar-refractivity contribution is -0.127. The van der Waals surface area contributed by atoms with E-state index >= 15 is 0 Å². The summed E-state index contributed by atoms with van der Waals surface area (Å²) >= 11 is 0. The van der Waals surface area contributed by atoms with Crippen LogP contribution in [0.2, 0.25) is 0 Å². The summed E-state index contributed by atoms with van der Waals surface area (Å²) in [5.41, 5.74) is 0. The second-order valence-electron chi connectivity index (χ2n) is 3.25. The first-order valence-corrected chi connectivity index (χ1v) is 4.91. The van der Waals surface area contributed by atoms with Crippen LogP contribution in [-0.4, -0.2) is 40.9 Å². The molecular weight excluding hydrogens is 192 g/mol. The van der Waals surface area contributed by atoms with Crippen LogP contribution in [0.1, 0.15) is 12.7 Å². The number of nitrogens with one attached hydrogen (secondary N) is 1. The molecule has 1 aromatic heterocycles. The number of hydrogen-bond acceptors (Lipinski definition) is 4. The second kappa shape index (κ2) is 5.29. The quantitative estimate of drug-likeness (QED) is 0.790. The van der Waals surface area contributed by atoms with Crippen molar-refractivity contribution in [2.45, 2.75) is 13.8 Å². The largest absolute Gasteiger partial charge is 0.361 e. The molecule has 0 fully saturated rings. The Labute approximate surface area is 89.5 Å². The van der Waals surface area contributed by atoms with E-state index in [4.69, 9.17) is 0 Å². The van der Waals surface area contributed by atoms with Gasteiger partial charge in [0.05, 0.1) is 6.54 Å². The second-order valence-corrected chi connectivity index (χ2v) is 3.25. The van der Waals surface area contributed by atoms with Gasteiger partial charge in [0, 0.05) is 19.8 Å². The van der Waals surface area contributed by atoms with Crippen molar-refractivity contribution in [1.29, 1.82) is 0 Å². The highest BCUT2D eigenvalue weighted by atomic mass is 16.2. The first kappa shape index (κ1) is 11.4. The highest BCUT2D eigenvalue weighted by molar-refractivity contribution is 5.80. The molecule has 0 aliphatic heterocycles. The molecule has 5 nitrogen and oxygen atoms in total. The van der Waals surface area contributed by atoms with Crippen LogP contribution in [-0.2, 0) is 4.79 Å². The number of likely N-dealkylation sites (N-methyl/N-ethyl adjacent to an activating group) is 1. The Kier molecular flexibility index (Phi) is 4.03. The van der Waals surface area contributed by atoms with E-state index in [9.17, 15) is 4.79 Å². The Balaban J connectivity index is 2.47. The molecule has 1 N–H and O–H groups in total. The summed E-state index contributed by atoms with van der Waals surface area (Å²) in [7, 11) is 1.77. The molecule has 5 heteroatoms. The van der Waals surface area contributed by atoms with E-state index in [-0.39, 0.29) is 12.5 Å². The average Bonchev–Trinajstić information content (AvgIpc) is 2.25. The van der Waals surface area contributed by atoms with Gasteiger partial charge in [-0.2, -0.15) is 0 Å². The monoisotopic (exact) mass is 208 g/mol. The van der Waals surface area contributed by atoms with Crippen molar-refractivity contribution in [3.63, 3.8) is 0 Å². The van der Waals surface area contributed by atoms with Gasteiger partial charge in [0.2, 0.25) is 5.91 Å². The Morgan fingerprint density at radius 1 is 1.60 bits per heavy atom. The van der Waals surface area contributed by atoms with Crippen LogP contribution in [0.3, 0.4) is 0 Å². The van der Waals surface area contributed by atoms with Gasteiger partial charge in [0.15, 0.2) is 0 Å². The molecule has 0 atom stereocenters. The van der Waals surface area contributed by atoms with Crippen LogP contribution in [0.25, 0.3) is 0 Å². The van der Waals surface area contributed by atoms with Gasteiger partial charge >= 0.3 is 0 Å². The summed E-state index contributed by atoms with van der Waals surface area (Å²) in [6.45, 7) is 4.72. The minimum absolute atomic E-state index is 0.0498. The van der Waals surface area contributed by atoms with Gasteiger partial charge in [-0.15, -0.1) is 0 Å². The van der Waals surface area contributed by atoms with Crippen LogP contribution in [0, 0.1) is 6.92 Å². The maximum Gasteiger partial charge on any atom is 0.241 e. The number of rotatable bonds is 4. The van der Waals surface area contributed by atoms with Crippen molar-refractivity contribution < 1.29 is 4.79 Å². The van der Waals surface area contributed by atoms with Gasteiger partial charge in [0.25, 0.3) is 0 Å². The summed E-state index contributed by atoms with van der Waals surface area (Å²) < 4.78 is 0. The van der Waals surface area contributed by atoms with E-state index < -0.39 is 0 Å². The van der Waals surface area contributed by atoms with Gasteiger partial charge in [-0.25, -0.2) is 9.97 Å². The first-order chi connectivity index (χ1) is 7.13. The third kappa shape index (κ3) is 3.53. The minimum Gasteiger partial charge on any atom is -0.361 e. The van der Waals surface area contributed by atoms with Crippen molar-refractivity contribution in [2.75, 3.05) is 25.5 Å². The van der Waals surface area contributed by atoms with Gasteiger partial charge in [0.1, 0.15) is 11.6 Å². The topological polar surface area (TPSA) is 58.1 Å². The molecule has 0 aromatic carbocycles. The smallest absolute Gasteiger partial charge is 0.241 e. The molecule has 0 saturated heterocycles. The maximum atomic E-state index is 11.5. The number of hydrogen-bond donors (Lipinski definition) is 1. The highest BCUT2D eigenvalue weighted by Gasteiger charge is 2.05. The standard InChI is InChI=1S/C10H16N4O/c1-4-14(3)10(15)7-12-9-5-6-11-8(2)13-9/h5-6H,4,7H2,1-3H3,(H,11,12,13). The molecule has 1 aromatic rings. The van der Waals surface area contributed by atoms with E-state index in [0.717, 1.165) is 0 Å². The first-order valence-electron chi connectivity index (χ1n) is 4.91. The number of carbonyl (C=O) groups is 1. The summed E-state index contributed by atoms with van der Waals surface area (Å²) in [4.78, 5) is 21.2. The lowest BCUT2D eigenvalue weighted by Crippen LogP contribution is -2.32. The lowest BCUT2D eigenvalue weighted by atomic mass is 10.4. The number of carbonyl (C=O) groups excluding carboxylic acids is 1. The summed E-state index contributed by atoms with van der Waals surface area (Å²) in [6, 6.07) is 1.74. The Hall–Kier alpha value is -1.65. The predicted molar refractivity (Wildman–Crippen MR) is 58.6 cm³/mol. The lowest BCUT2D eigenvalue weighted by Gasteiger charge is -2.14. The summed E-state index contributed by atoms with van der Waals surface area (Å²) in [5, 5.41) is 2.96. The number of aromatic nitrogens is 2. The molecule has 0 bridgehead atoms. The molecule has 0 unspecified atom stereocenters. The predicted octanol–water partition coefficient (Wildman–Crippen LogP) is 0.675. The van der Waals surface area contributed by atoms with Crippen molar-refractivity contribution >= 4 is 11.7 Å². The van der Waals surface area contributed by atoms with Gasteiger partial charge in [-0.1, -0.05) is 0 Å². The van der Waals surface area contributed by atoms with E-state index in [1.54, 1.807) is 24.2 Å². The molecule has 0 aliphatic carbocycles. The fourth-order valence-corrected chi connectivity index (χ4v) is 1.03. The van der Waals surface area contributed by atoms with E-state index in [1.807, 2.05) is 13.8 Å². The van der Waals surface area contributed by atoms with Gasteiger partial charge in [-0.05, 0) is 19.9 Å². The molecule has 0 spiro atoms. The van der Waals surface area contributed by atoms with Gasteiger partial charge < -0.3 is 10.2 Å². The third-order valence-electron chi connectivity index (χ3n) is 2.10. The van der Waals surface area contributed by atoms with Crippen LogP contribution >= 0.6 is 0 Å². The van der Waals surface area contributed by atoms with E-state index in [1.165, 1.54) is 0 Å². The molecule has 0 radical (unpaired) electrons. The van der Waals surface area contributed by atoms with Gasteiger partial charge in [-0.3, -0.25) is 4.79 Å². The number of nitrogens with zero attached hydrogens (tertiary/aromatic N) is 3. The molecule has 15 heavy (non-hydrogen) atoms. The zero-order valence-corrected chi connectivity index (χ0v) is 9.32. The molecule has 0 saturated carbocycles. The van der Waals surface area contributed by atoms with Crippen LogP contribution in [0.15, 0.2) is 12.3 Å². The summed E-state index contributed by atoms with van der Waals surface area (Å²) in [5.74, 6) is 1.42. The maximum absolute atomic E-state index is 11.5. The van der Waals surface area contributed by atoms with Crippen LogP contribution in [0.5, 0.6) is 0 Å². The van der Waals surface area contributed by atoms with Crippen LogP contribution in [0.4, 0.5) is 5.82 Å². The SMILES string of the molecule is CCN(C)C(=O)CNc1ccnc(C)n1. The average molecular weight is 208 g/mol. The Morgan fingerprint density at radius 2 is 2.33 bits per heavy atom. The highest BCUT2D eigenvalue weighted by Crippen LogP contribution is 2.00. The zero-order valence-electron chi connectivity index (χ0n) is 9.32. The fourth-order valence-electron chi connectivity index (χ4n) is 1.03. The van der Waals surface area contributed by atoms with E-state index in [0.29, 0.717) is 18.2 Å². The zero-order chi connectivity index (χ0) is 11.3. The van der Waals surface area contributed by atoms with Crippen molar-refractivity contribution in [3.05, 3.63) is 18.1 Å². The number of aryl methyl sites for hydroxylation is 1. The Morgan fingerprint density at radius 3 is 2.93 bits per heavy atom. The molecule has 1 heterocycles.